The summed E-state index contributed by atoms with van der Waals surface area (Å²) in [5, 5.41) is 54.2. The maximum absolute atomic E-state index is 9.52. The lowest BCUT2D eigenvalue weighted by Crippen LogP contribution is -2.30. The fourth-order valence-electron chi connectivity index (χ4n) is 8.81. The monoisotopic (exact) mass is 1120 g/mol. The van der Waals surface area contributed by atoms with Gasteiger partial charge in [0, 0.05) is 25.5 Å². The second kappa shape index (κ2) is 36.7. The van der Waals surface area contributed by atoms with Crippen molar-refractivity contribution in [2.24, 2.45) is 11.8 Å². The molecule has 2 aromatic carbocycles. The average Bonchev–Trinajstić information content (AvgIpc) is 4.03. The van der Waals surface area contributed by atoms with Crippen molar-refractivity contribution in [1.29, 1.82) is 0 Å². The molecule has 24 heteroatoms. The minimum Gasteiger partial charge on any atom is -0.479 e. The summed E-state index contributed by atoms with van der Waals surface area (Å²) in [5.74, 6) is 2.02. The van der Waals surface area contributed by atoms with Gasteiger partial charge < -0.3 is 61.0 Å². The fourth-order valence-corrected chi connectivity index (χ4v) is 8.81. The lowest BCUT2D eigenvalue weighted by molar-refractivity contribution is -0.193. The minimum atomic E-state index is -1.63. The molecular weight excluding hydrogens is 1030 g/mol. The summed E-state index contributed by atoms with van der Waals surface area (Å²) < 4.78 is 0. The van der Waals surface area contributed by atoms with Gasteiger partial charge in [0.25, 0.3) is 0 Å². The number of aliphatic hydroxyl groups is 4. The minimum absolute atomic E-state index is 0. The molecule has 2 atom stereocenters. The van der Waals surface area contributed by atoms with Gasteiger partial charge in [-0.3, -0.25) is 0 Å². The number of H-pyrrole nitrogens is 2. The Morgan fingerprint density at radius 1 is 0.600 bits per heavy atom. The Hall–Kier alpha value is -7.40. The molecule has 2 aliphatic rings. The highest BCUT2D eigenvalue weighted by atomic mass is 16.4. The van der Waals surface area contributed by atoms with Crippen LogP contribution >= 0.6 is 0 Å². The summed E-state index contributed by atoms with van der Waals surface area (Å²) in [6, 6.07) is 8.59. The Labute approximate surface area is 467 Å². The zero-order chi connectivity index (χ0) is 57.9. The molecule has 2 fully saturated rings. The number of rotatable bonds is 16. The number of carboxylic acids is 2. The maximum atomic E-state index is 9.52. The number of benzene rings is 2. The number of likely N-dealkylation sites (tertiary alicyclic amines) is 2. The molecule has 24 nitrogen and oxygen atoms in total. The van der Waals surface area contributed by atoms with Crippen molar-refractivity contribution in [3.63, 3.8) is 0 Å². The van der Waals surface area contributed by atoms with Crippen LogP contribution in [-0.4, -0.2) is 183 Å². The van der Waals surface area contributed by atoms with Gasteiger partial charge in [-0.25, -0.2) is 39.5 Å². The van der Waals surface area contributed by atoms with Crippen molar-refractivity contribution in [1.82, 2.24) is 49.7 Å². The zero-order valence-corrected chi connectivity index (χ0v) is 45.8. The van der Waals surface area contributed by atoms with Crippen molar-refractivity contribution in [2.45, 2.75) is 120 Å². The summed E-state index contributed by atoms with van der Waals surface area (Å²) in [6.45, 7) is 17.8. The molecule has 8 rings (SSSR count). The highest BCUT2D eigenvalue weighted by Gasteiger charge is 2.19. The van der Waals surface area contributed by atoms with Crippen LogP contribution in [0.15, 0.2) is 36.7 Å². The number of aromatic nitrogens is 8. The first kappa shape index (κ1) is 70.6. The first-order chi connectivity index (χ1) is 37.2. The number of nitrogens with one attached hydrogen (secondary N) is 4. The lowest BCUT2D eigenvalue weighted by atomic mass is 9.92. The van der Waals surface area contributed by atoms with E-state index in [2.05, 4.69) is 116 Å². The van der Waals surface area contributed by atoms with Crippen LogP contribution in [0.2, 0.25) is 0 Å². The van der Waals surface area contributed by atoms with Gasteiger partial charge in [0.1, 0.15) is 11.6 Å². The van der Waals surface area contributed by atoms with Crippen LogP contribution in [0.25, 0.3) is 44.8 Å². The largest absolute Gasteiger partial charge is 0.479 e. The highest BCUT2D eigenvalue weighted by molar-refractivity contribution is 5.84. The predicted molar refractivity (Wildman–Crippen MR) is 303 cm³/mol. The summed E-state index contributed by atoms with van der Waals surface area (Å²) in [7, 11) is 4.43. The molecule has 0 bridgehead atoms. The summed E-state index contributed by atoms with van der Waals surface area (Å²) in [5.41, 5.74) is 12.8. The van der Waals surface area contributed by atoms with Crippen molar-refractivity contribution in [2.75, 3.05) is 77.2 Å². The smallest absolute Gasteiger partial charge is 0.373 e. The molecule has 6 aromatic rings. The number of carbonyl (C=O) groups is 2. The standard InChI is InChI=1S/2C23H32N6.2C3H6O4.2CO2.2CH4/c2*1-15-12-16(2)21-20(13-15)27-22(28-21)19-14-25-23(26-17(19)3)24-9-5-6-18-7-10-29(4)11-8-18;2*4-1-2(5)3(6)7;2*2-1-3;;/h2*12-14,18H,5-11H2,1-4H3,(H,27,28)(H,24,25,26);2*2,4-5H,1H2,(H,6,7);;;2*1H4/t;;2*2-;;;;/m..11..../s1. The molecule has 0 amide bonds. The second-order valence-electron chi connectivity index (χ2n) is 19.4. The molecule has 0 aliphatic carbocycles. The van der Waals surface area contributed by atoms with E-state index in [4.69, 9.17) is 59.8 Å². The molecule has 4 aromatic heterocycles. The number of nitrogens with zero attached hydrogens (tertiary/aromatic N) is 8. The van der Waals surface area contributed by atoms with Gasteiger partial charge in [-0.1, -0.05) is 27.0 Å². The van der Waals surface area contributed by atoms with E-state index in [-0.39, 0.29) is 27.2 Å². The molecule has 80 heavy (non-hydrogen) atoms. The summed E-state index contributed by atoms with van der Waals surface area (Å²) >= 11 is 0. The topological polar surface area (TPSA) is 363 Å². The van der Waals surface area contributed by atoms with Gasteiger partial charge in [-0.15, -0.1) is 0 Å². The Balaban J connectivity index is 0.000000588. The van der Waals surface area contributed by atoms with Crippen molar-refractivity contribution >= 4 is 58.2 Å². The predicted octanol–water partition coefficient (Wildman–Crippen LogP) is 5.91. The van der Waals surface area contributed by atoms with E-state index in [9.17, 15) is 9.59 Å². The van der Waals surface area contributed by atoms with Gasteiger partial charge in [0.15, 0.2) is 12.2 Å². The Bertz CT molecular complexity index is 2690. The van der Waals surface area contributed by atoms with Crippen LogP contribution in [0, 0.1) is 53.4 Å². The molecule has 440 valence electrons. The van der Waals surface area contributed by atoms with Gasteiger partial charge in [0.2, 0.25) is 11.9 Å². The summed E-state index contributed by atoms with van der Waals surface area (Å²) in [6.07, 6.45) is 11.2. The van der Waals surface area contributed by atoms with E-state index in [0.717, 1.165) is 81.2 Å². The number of aliphatic hydroxyl groups excluding tert-OH is 4. The molecule has 2 saturated heterocycles. The maximum Gasteiger partial charge on any atom is 0.373 e. The van der Waals surface area contributed by atoms with Crippen LogP contribution < -0.4 is 10.6 Å². The fraction of sp³-hybridized carbons (Fsp3) is 0.536. The zero-order valence-electron chi connectivity index (χ0n) is 45.8. The van der Waals surface area contributed by atoms with Crippen molar-refractivity contribution < 1.29 is 59.4 Å². The Morgan fingerprint density at radius 2 is 0.925 bits per heavy atom. The average molecular weight is 1120 g/mol. The number of carbonyl (C=O) groups excluding carboxylic acids is 4. The van der Waals surface area contributed by atoms with Gasteiger partial charge in [-0.05, 0) is 179 Å². The molecular formula is C56H84N12O12. The second-order valence-corrected chi connectivity index (χ2v) is 19.4. The normalized spacial score (nSPS) is 14.1. The van der Waals surface area contributed by atoms with E-state index in [1.54, 1.807) is 0 Å². The first-order valence-electron chi connectivity index (χ1n) is 25.7. The van der Waals surface area contributed by atoms with Gasteiger partial charge in [-0.2, -0.15) is 19.2 Å². The number of hydrogen-bond donors (Lipinski definition) is 10. The van der Waals surface area contributed by atoms with E-state index < -0.39 is 37.4 Å². The van der Waals surface area contributed by atoms with Gasteiger partial charge in [0.05, 0.1) is 57.8 Å². The number of aromatic amines is 2. The number of carboxylic acid groups (broad SMARTS) is 2. The third-order valence-electron chi connectivity index (χ3n) is 13.0. The van der Waals surface area contributed by atoms with E-state index >= 15 is 0 Å². The first-order valence-corrected chi connectivity index (χ1v) is 25.7. The molecule has 2 aliphatic heterocycles. The van der Waals surface area contributed by atoms with E-state index in [0.29, 0.717) is 11.9 Å². The van der Waals surface area contributed by atoms with Crippen LogP contribution in [0.3, 0.4) is 0 Å². The molecule has 0 saturated carbocycles. The number of aliphatic carboxylic acids is 2. The van der Waals surface area contributed by atoms with E-state index in [1.807, 2.05) is 26.2 Å². The Kier molecular flexibility index (Phi) is 32.4. The van der Waals surface area contributed by atoms with E-state index in [1.165, 1.54) is 99.8 Å². The van der Waals surface area contributed by atoms with Crippen molar-refractivity contribution in [3.8, 4) is 22.8 Å². The SMILES string of the molecule is C.C.Cc1cc(C)c2nc(-c3cnc(NCCCC4CCN(C)CC4)nc3C)[nH]c2c1.Cc1cc(C)c2nc(-c3cnc(NCCCC4CCN(C)CC4)nc3C)[nH]c2c1.O=C(O)[C@H](O)CO.O=C(O)[C@H](O)CO.O=C=O.O=C=O. The number of piperidine rings is 2. The molecule has 10 N–H and O–H groups in total. The third-order valence-corrected chi connectivity index (χ3v) is 13.0. The number of aryl methyl sites for hydroxylation is 6. The molecule has 0 radical (unpaired) electrons. The number of fused-ring (bicyclic) bond motifs is 2. The van der Waals surface area contributed by atoms with Gasteiger partial charge >= 0.3 is 24.2 Å². The molecule has 6 heterocycles. The third kappa shape index (κ3) is 23.5. The van der Waals surface area contributed by atoms with Crippen LogP contribution in [0.1, 0.15) is 99.9 Å². The van der Waals surface area contributed by atoms with Crippen LogP contribution in [0.5, 0.6) is 0 Å². The lowest BCUT2D eigenvalue weighted by Gasteiger charge is -2.28. The number of hydrogen-bond acceptors (Lipinski definition) is 20. The number of imidazole rings is 2. The Morgan fingerprint density at radius 3 is 1.20 bits per heavy atom. The van der Waals surface area contributed by atoms with Crippen molar-refractivity contribution in [3.05, 3.63) is 70.3 Å². The molecule has 0 unspecified atom stereocenters. The van der Waals surface area contributed by atoms with Crippen LogP contribution in [-0.2, 0) is 28.8 Å². The number of anilines is 2. The highest BCUT2D eigenvalue weighted by Crippen LogP contribution is 2.28. The summed E-state index contributed by atoms with van der Waals surface area (Å²) in [4.78, 5) is 91.2. The molecule has 0 spiro atoms. The van der Waals surface area contributed by atoms with Crippen LogP contribution in [0.4, 0.5) is 11.9 Å². The quantitative estimate of drug-likeness (QED) is 0.0503.